The Kier molecular flexibility index (Phi) is 8.01. The van der Waals surface area contributed by atoms with Gasteiger partial charge in [0.2, 0.25) is 0 Å². The molecule has 1 saturated heterocycles. The van der Waals surface area contributed by atoms with Gasteiger partial charge in [-0.3, -0.25) is 0 Å². The Morgan fingerprint density at radius 2 is 2.10 bits per heavy atom. The zero-order valence-corrected chi connectivity index (χ0v) is 23.9. The zero-order valence-electron chi connectivity index (χ0n) is 23.2. The van der Waals surface area contributed by atoms with Crippen LogP contribution in [0.4, 0.5) is 5.69 Å². The third kappa shape index (κ3) is 5.46. The van der Waals surface area contributed by atoms with Crippen molar-refractivity contribution in [3.8, 4) is 5.75 Å². The molecule has 2 heterocycles. The Balaban J connectivity index is 1.28. The Morgan fingerprint density at radius 1 is 1.23 bits per heavy atom. The van der Waals surface area contributed by atoms with Crippen LogP contribution >= 0.6 is 11.6 Å². The van der Waals surface area contributed by atoms with Crippen LogP contribution in [0.2, 0.25) is 5.02 Å². The van der Waals surface area contributed by atoms with Crippen molar-refractivity contribution in [3.63, 3.8) is 0 Å². The van der Waals surface area contributed by atoms with Crippen molar-refractivity contribution in [2.24, 2.45) is 11.8 Å². The van der Waals surface area contributed by atoms with E-state index in [1.54, 1.807) is 12.1 Å². The van der Waals surface area contributed by atoms with Crippen LogP contribution in [0.15, 0.2) is 36.4 Å². The van der Waals surface area contributed by atoms with Crippen molar-refractivity contribution in [2.75, 3.05) is 37.8 Å². The van der Waals surface area contributed by atoms with Gasteiger partial charge in [0.1, 0.15) is 5.75 Å². The number of nitrogens with zero attached hydrogens (tertiary/aromatic N) is 1. The molecule has 216 valence electrons. The van der Waals surface area contributed by atoms with Crippen molar-refractivity contribution in [1.29, 1.82) is 0 Å². The average Bonchev–Trinajstić information content (AvgIpc) is 3.08. The molecule has 40 heavy (non-hydrogen) atoms. The van der Waals surface area contributed by atoms with Gasteiger partial charge in [-0.05, 0) is 98.7 Å². The topological polar surface area (TPSA) is 88.5 Å². The highest BCUT2D eigenvalue weighted by Crippen LogP contribution is 2.47. The van der Waals surface area contributed by atoms with E-state index in [9.17, 15) is 15.0 Å². The predicted molar refractivity (Wildman–Crippen MR) is 154 cm³/mol. The van der Waals surface area contributed by atoms with Crippen LogP contribution in [0.3, 0.4) is 0 Å². The highest BCUT2D eigenvalue weighted by atomic mass is 35.5. The summed E-state index contributed by atoms with van der Waals surface area (Å²) in [6.45, 7) is 4.77. The number of carboxylic acid groups (broad SMARTS) is 1. The fourth-order valence-electron chi connectivity index (χ4n) is 7.43. The molecule has 0 bridgehead atoms. The summed E-state index contributed by atoms with van der Waals surface area (Å²) < 4.78 is 18.9. The fourth-order valence-corrected chi connectivity index (χ4v) is 7.63. The van der Waals surface area contributed by atoms with Crippen LogP contribution in [-0.4, -0.2) is 67.4 Å². The van der Waals surface area contributed by atoms with Crippen molar-refractivity contribution in [2.45, 2.75) is 75.6 Å². The lowest BCUT2D eigenvalue weighted by atomic mass is 9.67. The van der Waals surface area contributed by atoms with E-state index in [2.05, 4.69) is 17.0 Å². The lowest BCUT2D eigenvalue weighted by molar-refractivity contribution is -0.134. The summed E-state index contributed by atoms with van der Waals surface area (Å²) in [7, 11) is 0. The highest BCUT2D eigenvalue weighted by Gasteiger charge is 2.45. The Hall–Kier alpha value is -2.32. The second kappa shape index (κ2) is 11.5. The predicted octanol–water partition coefficient (Wildman–Crippen LogP) is 5.48. The third-order valence-electron chi connectivity index (χ3n) is 9.64. The molecule has 0 amide bonds. The minimum absolute atomic E-state index is 0.0277. The molecule has 2 aromatic rings. The average molecular weight is 570 g/mol. The van der Waals surface area contributed by atoms with Crippen LogP contribution in [-0.2, 0) is 21.3 Å². The van der Waals surface area contributed by atoms with Gasteiger partial charge in [-0.25, -0.2) is 4.79 Å². The zero-order chi connectivity index (χ0) is 27.9. The second-order valence-electron chi connectivity index (χ2n) is 12.3. The van der Waals surface area contributed by atoms with Gasteiger partial charge in [-0.2, -0.15) is 0 Å². The maximum Gasteiger partial charge on any atom is 0.335 e. The number of hydrogen-bond donors (Lipinski definition) is 2. The first-order valence-electron chi connectivity index (χ1n) is 14.8. The summed E-state index contributed by atoms with van der Waals surface area (Å²) >= 11 is 6.39. The van der Waals surface area contributed by atoms with E-state index in [-0.39, 0.29) is 35.9 Å². The molecular formula is C32H40ClNO6. The third-order valence-corrected chi connectivity index (χ3v) is 9.88. The number of anilines is 1. The first-order valence-corrected chi connectivity index (χ1v) is 15.1. The number of carbonyl (C=O) groups is 1. The summed E-state index contributed by atoms with van der Waals surface area (Å²) in [5, 5.41) is 20.0. The lowest BCUT2D eigenvalue weighted by Crippen LogP contribution is -2.51. The minimum atomic E-state index is -0.931. The normalized spacial score (nSPS) is 30.4. The largest absolute Gasteiger partial charge is 0.490 e. The molecule has 0 aromatic heterocycles. The van der Waals surface area contributed by atoms with Gasteiger partial charge in [0, 0.05) is 36.6 Å². The van der Waals surface area contributed by atoms with Gasteiger partial charge < -0.3 is 29.3 Å². The van der Waals surface area contributed by atoms with Crippen molar-refractivity contribution < 1.29 is 29.2 Å². The van der Waals surface area contributed by atoms with Crippen molar-refractivity contribution in [1.82, 2.24) is 0 Å². The Labute approximate surface area is 241 Å². The summed E-state index contributed by atoms with van der Waals surface area (Å²) in [6, 6.07) is 11.5. The van der Waals surface area contributed by atoms with Gasteiger partial charge in [0.15, 0.2) is 0 Å². The van der Waals surface area contributed by atoms with Crippen LogP contribution in [0.1, 0.15) is 66.9 Å². The summed E-state index contributed by atoms with van der Waals surface area (Å²) in [6.07, 6.45) is 7.13. The van der Waals surface area contributed by atoms with Gasteiger partial charge in [0.05, 0.1) is 42.8 Å². The van der Waals surface area contributed by atoms with E-state index in [1.807, 2.05) is 19.1 Å². The molecule has 7 nitrogen and oxygen atoms in total. The van der Waals surface area contributed by atoms with E-state index in [0.717, 1.165) is 74.5 Å². The summed E-state index contributed by atoms with van der Waals surface area (Å²) in [5.41, 5.74) is 3.54. The Morgan fingerprint density at radius 3 is 2.88 bits per heavy atom. The Bertz CT molecular complexity index is 1240. The number of carboxylic acids is 1. The first kappa shape index (κ1) is 27.8. The van der Waals surface area contributed by atoms with Crippen molar-refractivity contribution >= 4 is 23.3 Å². The van der Waals surface area contributed by atoms with Gasteiger partial charge in [0.25, 0.3) is 0 Å². The minimum Gasteiger partial charge on any atom is -0.490 e. The number of aryl methyl sites for hydroxylation is 1. The van der Waals surface area contributed by atoms with E-state index >= 15 is 0 Å². The van der Waals surface area contributed by atoms with Gasteiger partial charge in [-0.1, -0.05) is 17.7 Å². The van der Waals surface area contributed by atoms with Gasteiger partial charge >= 0.3 is 5.97 Å². The molecule has 0 radical (unpaired) electrons. The number of halogens is 1. The van der Waals surface area contributed by atoms with Crippen LogP contribution in [0.25, 0.3) is 0 Å². The first-order chi connectivity index (χ1) is 19.3. The monoisotopic (exact) mass is 569 g/mol. The number of aromatic carboxylic acids is 1. The summed E-state index contributed by atoms with van der Waals surface area (Å²) in [4.78, 5) is 14.3. The second-order valence-corrected chi connectivity index (χ2v) is 12.7. The molecule has 2 aliphatic heterocycles. The molecular weight excluding hydrogens is 530 g/mol. The molecule has 1 spiro atoms. The molecule has 2 unspecified atom stereocenters. The standard InChI is InChI=1S/C32H40ClNO6/c1-20(17-35)40-25-10-12-38-30(15-25)26-7-4-23(26)16-34-18-32(11-2-3-21-13-24(33)6-8-27(21)32)19-39-29-9-5-22(31(36)37)14-28(29)34/h5-6,8-9,13-14,20,23,25-26,30,35H,2-4,7,10-12,15-19H2,1H3,(H,36,37)/t20?,23-,25+,26+,30+,32?/m0/s1. The maximum absolute atomic E-state index is 11.9. The molecule has 2 aliphatic carbocycles. The number of benzene rings is 2. The van der Waals surface area contributed by atoms with E-state index < -0.39 is 5.97 Å². The molecule has 1 saturated carbocycles. The molecule has 2 fully saturated rings. The van der Waals surface area contributed by atoms with E-state index in [0.29, 0.717) is 25.0 Å². The maximum atomic E-state index is 11.9. The molecule has 2 N–H and O–H groups in total. The number of aliphatic hydroxyl groups excluding tert-OH is 1. The van der Waals surface area contributed by atoms with E-state index in [1.165, 1.54) is 11.1 Å². The van der Waals surface area contributed by atoms with Gasteiger partial charge in [-0.15, -0.1) is 0 Å². The number of hydrogen-bond acceptors (Lipinski definition) is 6. The highest BCUT2D eigenvalue weighted by molar-refractivity contribution is 6.30. The number of ether oxygens (including phenoxy) is 3. The molecule has 8 heteroatoms. The smallest absolute Gasteiger partial charge is 0.335 e. The molecule has 2 aromatic carbocycles. The molecule has 6 atom stereocenters. The molecule has 6 rings (SSSR count). The van der Waals surface area contributed by atoms with Crippen LogP contribution in [0.5, 0.6) is 5.75 Å². The lowest BCUT2D eigenvalue weighted by Gasteiger charge is -2.48. The van der Waals surface area contributed by atoms with Crippen molar-refractivity contribution in [3.05, 3.63) is 58.1 Å². The van der Waals surface area contributed by atoms with Crippen LogP contribution < -0.4 is 9.64 Å². The summed E-state index contributed by atoms with van der Waals surface area (Å²) in [5.74, 6) is 0.683. The number of fused-ring (bicyclic) bond motifs is 3. The SMILES string of the molecule is CC(CO)O[C@@H]1CCO[C@@H]([C@@H]2CC[C@H]2CN2CC3(CCCc4cc(Cl)ccc43)COc3ccc(C(=O)O)cc32)C1. The quantitative estimate of drug-likeness (QED) is 0.456. The number of rotatable bonds is 7. The fraction of sp³-hybridized carbons (Fsp3) is 0.594. The van der Waals surface area contributed by atoms with Crippen LogP contribution in [0, 0.1) is 11.8 Å². The molecule has 4 aliphatic rings. The van der Waals surface area contributed by atoms with E-state index in [4.69, 9.17) is 25.8 Å². The number of aliphatic hydroxyl groups is 1.